The van der Waals surface area contributed by atoms with Crippen LogP contribution in [0.4, 0.5) is 4.79 Å². The molecule has 4 nitrogen and oxygen atoms in total. The Labute approximate surface area is 95.9 Å². The highest BCUT2D eigenvalue weighted by atomic mass is 16.6. The van der Waals surface area contributed by atoms with E-state index in [9.17, 15) is 4.79 Å². The number of allylic oxidation sites excluding steroid dienone is 1. The Hall–Kier alpha value is -1.45. The van der Waals surface area contributed by atoms with Gasteiger partial charge < -0.3 is 10.1 Å². The summed E-state index contributed by atoms with van der Waals surface area (Å²) in [4.78, 5) is 13.7. The van der Waals surface area contributed by atoms with E-state index in [4.69, 9.17) is 4.74 Å². The number of rotatable bonds is 0. The summed E-state index contributed by atoms with van der Waals surface area (Å²) in [6.45, 7) is 7.22. The van der Waals surface area contributed by atoms with Crippen molar-refractivity contribution >= 4 is 6.09 Å². The molecule has 0 saturated heterocycles. The number of dihydropyridines is 1. The van der Waals surface area contributed by atoms with Crippen LogP contribution in [0.1, 0.15) is 27.2 Å². The van der Waals surface area contributed by atoms with E-state index in [1.54, 1.807) is 4.90 Å². The third-order valence-corrected chi connectivity index (χ3v) is 2.58. The lowest BCUT2D eigenvalue weighted by Gasteiger charge is -2.25. The molecule has 0 radical (unpaired) electrons. The van der Waals surface area contributed by atoms with Crippen molar-refractivity contribution in [2.75, 3.05) is 13.1 Å². The normalized spacial score (nSPS) is 19.6. The van der Waals surface area contributed by atoms with Crippen LogP contribution in [0.5, 0.6) is 0 Å². The van der Waals surface area contributed by atoms with E-state index in [2.05, 4.69) is 5.32 Å². The van der Waals surface area contributed by atoms with Crippen molar-refractivity contribution in [3.63, 3.8) is 0 Å². The third kappa shape index (κ3) is 2.21. The van der Waals surface area contributed by atoms with E-state index >= 15 is 0 Å². The maximum Gasteiger partial charge on any atom is 0.414 e. The number of carbonyl (C=O) groups excluding carboxylic acids is 1. The lowest BCUT2D eigenvalue weighted by Crippen LogP contribution is -2.34. The zero-order chi connectivity index (χ0) is 11.8. The standard InChI is InChI=1S/C12H18N2O2/c1-12(2,3)16-11(15)14-7-5-9-8-13-6-4-10(9)14/h4,6,13H,5,7-8H2,1-3H3. The molecule has 0 aromatic carbocycles. The van der Waals surface area contributed by atoms with Gasteiger partial charge in [-0.2, -0.15) is 0 Å². The molecule has 0 spiro atoms. The van der Waals surface area contributed by atoms with Crippen LogP contribution in [0.2, 0.25) is 0 Å². The van der Waals surface area contributed by atoms with E-state index in [0.29, 0.717) is 0 Å². The van der Waals surface area contributed by atoms with E-state index in [1.807, 2.05) is 33.0 Å². The minimum absolute atomic E-state index is 0.246. The van der Waals surface area contributed by atoms with Gasteiger partial charge in [0, 0.05) is 18.8 Å². The first-order chi connectivity index (χ1) is 7.47. The van der Waals surface area contributed by atoms with Gasteiger partial charge in [0.1, 0.15) is 5.60 Å². The Morgan fingerprint density at radius 2 is 2.25 bits per heavy atom. The minimum atomic E-state index is -0.434. The molecule has 0 aromatic heterocycles. The summed E-state index contributed by atoms with van der Waals surface area (Å²) in [7, 11) is 0. The fourth-order valence-corrected chi connectivity index (χ4v) is 1.90. The molecule has 0 atom stereocenters. The van der Waals surface area contributed by atoms with E-state index in [-0.39, 0.29) is 6.09 Å². The molecule has 0 aliphatic carbocycles. The van der Waals surface area contributed by atoms with E-state index in [0.717, 1.165) is 25.2 Å². The molecule has 0 saturated carbocycles. The topological polar surface area (TPSA) is 41.6 Å². The Morgan fingerprint density at radius 3 is 2.94 bits per heavy atom. The Kier molecular flexibility index (Phi) is 2.66. The van der Waals surface area contributed by atoms with Crippen molar-refractivity contribution in [1.82, 2.24) is 10.2 Å². The minimum Gasteiger partial charge on any atom is -0.443 e. The average Bonchev–Trinajstić information content (AvgIpc) is 2.58. The van der Waals surface area contributed by atoms with Gasteiger partial charge in [0.2, 0.25) is 0 Å². The van der Waals surface area contributed by atoms with E-state index < -0.39 is 5.60 Å². The Bertz CT molecular complexity index is 364. The molecule has 16 heavy (non-hydrogen) atoms. The van der Waals surface area contributed by atoms with Crippen LogP contribution in [-0.4, -0.2) is 29.7 Å². The second kappa shape index (κ2) is 3.85. The molecule has 0 bridgehead atoms. The van der Waals surface area contributed by atoms with Gasteiger partial charge in [0.05, 0.1) is 0 Å². The maximum atomic E-state index is 11.9. The maximum absolute atomic E-state index is 11.9. The number of hydrogen-bond acceptors (Lipinski definition) is 3. The quantitative estimate of drug-likeness (QED) is 0.681. The first kappa shape index (κ1) is 11.0. The predicted octanol–water partition coefficient (Wildman–Crippen LogP) is 2.00. The van der Waals surface area contributed by atoms with Crippen LogP contribution < -0.4 is 5.32 Å². The van der Waals surface area contributed by atoms with E-state index in [1.165, 1.54) is 5.57 Å². The molecule has 4 heteroatoms. The molecule has 0 unspecified atom stereocenters. The van der Waals surface area contributed by atoms with Gasteiger partial charge in [-0.15, -0.1) is 0 Å². The van der Waals surface area contributed by atoms with Crippen LogP contribution >= 0.6 is 0 Å². The zero-order valence-electron chi connectivity index (χ0n) is 10.0. The van der Waals surface area contributed by atoms with Gasteiger partial charge in [-0.25, -0.2) is 4.79 Å². The van der Waals surface area contributed by atoms with Gasteiger partial charge in [0.15, 0.2) is 0 Å². The van der Waals surface area contributed by atoms with Crippen molar-refractivity contribution < 1.29 is 9.53 Å². The van der Waals surface area contributed by atoms with Crippen LogP contribution in [0.25, 0.3) is 0 Å². The molecular weight excluding hydrogens is 204 g/mol. The number of hydrogen-bond donors (Lipinski definition) is 1. The fraction of sp³-hybridized carbons (Fsp3) is 0.583. The van der Waals surface area contributed by atoms with Crippen molar-refractivity contribution in [3.05, 3.63) is 23.5 Å². The molecular formula is C12H18N2O2. The summed E-state index contributed by atoms with van der Waals surface area (Å²) in [6.07, 6.45) is 4.51. The summed E-state index contributed by atoms with van der Waals surface area (Å²) in [6, 6.07) is 0. The largest absolute Gasteiger partial charge is 0.443 e. The van der Waals surface area contributed by atoms with Gasteiger partial charge in [0.25, 0.3) is 0 Å². The lowest BCUT2D eigenvalue weighted by atomic mass is 10.1. The van der Waals surface area contributed by atoms with Crippen molar-refractivity contribution in [2.45, 2.75) is 32.8 Å². The average molecular weight is 222 g/mol. The first-order valence-electron chi connectivity index (χ1n) is 5.60. The molecule has 0 aromatic rings. The van der Waals surface area contributed by atoms with Crippen molar-refractivity contribution in [3.8, 4) is 0 Å². The highest BCUT2D eigenvalue weighted by Crippen LogP contribution is 2.27. The predicted molar refractivity (Wildman–Crippen MR) is 61.7 cm³/mol. The molecule has 1 N–H and O–H groups in total. The highest BCUT2D eigenvalue weighted by Gasteiger charge is 2.30. The molecule has 2 rings (SSSR count). The summed E-state index contributed by atoms with van der Waals surface area (Å²) >= 11 is 0. The molecule has 1 amide bonds. The van der Waals surface area contributed by atoms with Crippen molar-refractivity contribution in [1.29, 1.82) is 0 Å². The third-order valence-electron chi connectivity index (χ3n) is 2.58. The summed E-state index contributed by atoms with van der Waals surface area (Å²) < 4.78 is 5.37. The van der Waals surface area contributed by atoms with Gasteiger partial charge in [-0.05, 0) is 45.0 Å². The highest BCUT2D eigenvalue weighted by molar-refractivity contribution is 5.72. The summed E-state index contributed by atoms with van der Waals surface area (Å²) in [5.74, 6) is 0. The monoisotopic (exact) mass is 222 g/mol. The molecule has 0 fully saturated rings. The summed E-state index contributed by atoms with van der Waals surface area (Å²) in [5, 5.41) is 3.15. The Balaban J connectivity index is 2.09. The number of amides is 1. The van der Waals surface area contributed by atoms with Crippen LogP contribution in [0.15, 0.2) is 23.5 Å². The first-order valence-corrected chi connectivity index (χ1v) is 5.60. The van der Waals surface area contributed by atoms with Crippen LogP contribution in [-0.2, 0) is 4.74 Å². The summed E-state index contributed by atoms with van der Waals surface area (Å²) in [5.41, 5.74) is 1.86. The molecule has 88 valence electrons. The van der Waals surface area contributed by atoms with Gasteiger partial charge >= 0.3 is 6.09 Å². The number of ether oxygens (including phenoxy) is 1. The van der Waals surface area contributed by atoms with Crippen LogP contribution in [0, 0.1) is 0 Å². The number of nitrogens with zero attached hydrogens (tertiary/aromatic N) is 1. The molecule has 2 heterocycles. The Morgan fingerprint density at radius 1 is 1.50 bits per heavy atom. The number of carbonyl (C=O) groups is 1. The lowest BCUT2D eigenvalue weighted by molar-refractivity contribution is 0.0336. The number of nitrogens with one attached hydrogen (secondary N) is 1. The second-order valence-corrected chi connectivity index (χ2v) is 5.09. The molecule has 2 aliphatic rings. The van der Waals surface area contributed by atoms with Gasteiger partial charge in [-0.1, -0.05) is 0 Å². The fourth-order valence-electron chi connectivity index (χ4n) is 1.90. The second-order valence-electron chi connectivity index (χ2n) is 5.09. The SMILES string of the molecule is CC(C)(C)OC(=O)N1CCC2=C1C=CNC2. The van der Waals surface area contributed by atoms with Crippen LogP contribution in [0.3, 0.4) is 0 Å². The zero-order valence-corrected chi connectivity index (χ0v) is 10.0. The smallest absolute Gasteiger partial charge is 0.414 e. The van der Waals surface area contributed by atoms with Crippen molar-refractivity contribution in [2.24, 2.45) is 0 Å². The van der Waals surface area contributed by atoms with Gasteiger partial charge in [-0.3, -0.25) is 4.90 Å². The molecule has 2 aliphatic heterocycles.